The van der Waals surface area contributed by atoms with E-state index in [9.17, 15) is 9.59 Å². The van der Waals surface area contributed by atoms with Crippen LogP contribution in [-0.4, -0.2) is 26.6 Å². The number of carbonyl (C=O) groups is 2. The maximum Gasteiger partial charge on any atom is 0.338 e. The van der Waals surface area contributed by atoms with Crippen molar-refractivity contribution in [2.24, 2.45) is 0 Å². The van der Waals surface area contributed by atoms with Crippen LogP contribution in [0, 0.1) is 0 Å². The van der Waals surface area contributed by atoms with Gasteiger partial charge in [-0.05, 0) is 29.3 Å². The summed E-state index contributed by atoms with van der Waals surface area (Å²) in [5.41, 5.74) is 2.26. The smallest absolute Gasteiger partial charge is 0.338 e. The number of rotatable bonds is 8. The van der Waals surface area contributed by atoms with E-state index in [0.29, 0.717) is 12.2 Å². The van der Waals surface area contributed by atoms with Crippen LogP contribution in [0.5, 0.6) is 0 Å². The van der Waals surface area contributed by atoms with Crippen LogP contribution >= 0.6 is 0 Å². The maximum absolute atomic E-state index is 12.0. The van der Waals surface area contributed by atoms with E-state index in [1.807, 2.05) is 30.3 Å². The number of benzene rings is 2. The molecule has 0 saturated carbocycles. The second-order valence-electron chi connectivity index (χ2n) is 7.47. The van der Waals surface area contributed by atoms with Crippen molar-refractivity contribution in [3.63, 3.8) is 0 Å². The van der Waals surface area contributed by atoms with E-state index in [1.165, 1.54) is 0 Å². The summed E-state index contributed by atoms with van der Waals surface area (Å²) in [6.07, 6.45) is 0.178. The molecule has 0 radical (unpaired) electrons. The molecule has 2 aromatic rings. The van der Waals surface area contributed by atoms with Gasteiger partial charge in [-0.15, -0.1) is 0 Å². The Balaban J connectivity index is 1.79. The molecule has 5 heteroatoms. The molecule has 0 fully saturated rings. The Morgan fingerprint density at radius 2 is 1.50 bits per heavy atom. The topological polar surface area (TPSA) is 52.6 Å². The monoisotopic (exact) mass is 370 g/mol. The Kier molecular flexibility index (Phi) is 7.15. The second kappa shape index (κ2) is 9.34. The van der Waals surface area contributed by atoms with E-state index in [2.05, 4.69) is 19.6 Å². The molecule has 4 nitrogen and oxygen atoms in total. The summed E-state index contributed by atoms with van der Waals surface area (Å²) in [7, 11) is -1.21. The van der Waals surface area contributed by atoms with Crippen molar-refractivity contribution < 1.29 is 19.1 Å². The first-order valence-corrected chi connectivity index (χ1v) is 12.5. The van der Waals surface area contributed by atoms with Crippen LogP contribution < -0.4 is 0 Å². The van der Waals surface area contributed by atoms with Crippen molar-refractivity contribution in [3.8, 4) is 0 Å². The van der Waals surface area contributed by atoms with Gasteiger partial charge >= 0.3 is 11.9 Å². The van der Waals surface area contributed by atoms with Crippen LogP contribution in [0.1, 0.15) is 21.5 Å². The largest absolute Gasteiger partial charge is 0.462 e. The van der Waals surface area contributed by atoms with Gasteiger partial charge < -0.3 is 9.47 Å². The Bertz CT molecular complexity index is 718. The molecular formula is C21H26O4Si. The Labute approximate surface area is 156 Å². The van der Waals surface area contributed by atoms with Gasteiger partial charge in [0.1, 0.15) is 6.61 Å². The number of ether oxygens (including phenoxy) is 2. The van der Waals surface area contributed by atoms with E-state index in [0.717, 1.165) is 17.2 Å². The number of carbonyl (C=O) groups excluding carboxylic acids is 2. The third-order valence-corrected chi connectivity index (χ3v) is 5.57. The van der Waals surface area contributed by atoms with Gasteiger partial charge in [0.2, 0.25) is 0 Å². The highest BCUT2D eigenvalue weighted by Gasteiger charge is 2.15. The van der Waals surface area contributed by atoms with E-state index < -0.39 is 8.07 Å². The predicted molar refractivity (Wildman–Crippen MR) is 105 cm³/mol. The molecule has 0 atom stereocenters. The fraction of sp³-hybridized carbons (Fsp3) is 0.333. The molecular weight excluding hydrogens is 344 g/mol. The average molecular weight is 371 g/mol. The highest BCUT2D eigenvalue weighted by atomic mass is 28.3. The molecule has 2 rings (SSSR count). The normalized spacial score (nSPS) is 11.0. The fourth-order valence-electron chi connectivity index (χ4n) is 2.25. The lowest BCUT2D eigenvalue weighted by atomic mass is 10.1. The number of esters is 2. The minimum absolute atomic E-state index is 0.178. The van der Waals surface area contributed by atoms with Crippen LogP contribution in [0.4, 0.5) is 0 Å². The van der Waals surface area contributed by atoms with Crippen molar-refractivity contribution in [1.82, 2.24) is 0 Å². The standard InChI is InChI=1S/C21H26O4Si/c1-26(2,3)14-13-24-21(23)19-11-9-17(10-12-19)15-20(22)25-16-18-7-5-4-6-8-18/h4-12H,13-16H2,1-3H3. The summed E-state index contributed by atoms with van der Waals surface area (Å²) >= 11 is 0. The molecule has 0 aromatic heterocycles. The second-order valence-corrected chi connectivity index (χ2v) is 13.1. The zero-order valence-electron chi connectivity index (χ0n) is 15.7. The minimum atomic E-state index is -1.21. The Hall–Kier alpha value is -2.40. The Morgan fingerprint density at radius 3 is 2.12 bits per heavy atom. The first-order valence-electron chi connectivity index (χ1n) is 8.79. The minimum Gasteiger partial charge on any atom is -0.462 e. The van der Waals surface area contributed by atoms with Gasteiger partial charge in [0.25, 0.3) is 0 Å². The first-order chi connectivity index (χ1) is 12.3. The third-order valence-electron chi connectivity index (χ3n) is 3.87. The summed E-state index contributed by atoms with van der Waals surface area (Å²) in [5.74, 6) is -0.610. The Morgan fingerprint density at radius 1 is 0.846 bits per heavy atom. The van der Waals surface area contributed by atoms with Crippen molar-refractivity contribution in [2.75, 3.05) is 6.61 Å². The third kappa shape index (κ3) is 7.23. The molecule has 0 saturated heterocycles. The molecule has 0 heterocycles. The molecule has 0 bridgehead atoms. The average Bonchev–Trinajstić information content (AvgIpc) is 2.60. The highest BCUT2D eigenvalue weighted by molar-refractivity contribution is 6.76. The lowest BCUT2D eigenvalue weighted by Gasteiger charge is -2.15. The lowest BCUT2D eigenvalue weighted by molar-refractivity contribution is -0.144. The van der Waals surface area contributed by atoms with Gasteiger partial charge in [0.05, 0.1) is 18.6 Å². The van der Waals surface area contributed by atoms with Gasteiger partial charge in [-0.25, -0.2) is 4.79 Å². The van der Waals surface area contributed by atoms with E-state index in [-0.39, 0.29) is 25.0 Å². The van der Waals surface area contributed by atoms with Crippen LogP contribution in [-0.2, 0) is 27.3 Å². The molecule has 0 unspecified atom stereocenters. The van der Waals surface area contributed by atoms with Crippen molar-refractivity contribution in [1.29, 1.82) is 0 Å². The summed E-state index contributed by atoms with van der Waals surface area (Å²) in [6, 6.07) is 17.4. The molecule has 0 amide bonds. The lowest BCUT2D eigenvalue weighted by Crippen LogP contribution is -2.22. The zero-order chi connectivity index (χ0) is 19.0. The van der Waals surface area contributed by atoms with Gasteiger partial charge in [-0.1, -0.05) is 62.1 Å². The van der Waals surface area contributed by atoms with E-state index >= 15 is 0 Å². The highest BCUT2D eigenvalue weighted by Crippen LogP contribution is 2.11. The molecule has 0 spiro atoms. The summed E-state index contributed by atoms with van der Waals surface area (Å²) < 4.78 is 10.6. The van der Waals surface area contributed by atoms with Crippen molar-refractivity contribution in [3.05, 3.63) is 71.3 Å². The van der Waals surface area contributed by atoms with E-state index in [4.69, 9.17) is 9.47 Å². The molecule has 0 aliphatic rings. The van der Waals surface area contributed by atoms with Crippen molar-refractivity contribution >= 4 is 20.0 Å². The van der Waals surface area contributed by atoms with Crippen LogP contribution in [0.25, 0.3) is 0 Å². The predicted octanol–water partition coefficient (Wildman–Crippen LogP) is 4.47. The number of hydrogen-bond donors (Lipinski definition) is 0. The van der Waals surface area contributed by atoms with Gasteiger partial charge in [-0.2, -0.15) is 0 Å². The van der Waals surface area contributed by atoms with Gasteiger partial charge in [0.15, 0.2) is 0 Å². The van der Waals surface area contributed by atoms with Crippen LogP contribution in [0.15, 0.2) is 54.6 Å². The van der Waals surface area contributed by atoms with Crippen LogP contribution in [0.2, 0.25) is 25.7 Å². The quantitative estimate of drug-likeness (QED) is 0.508. The fourth-order valence-corrected chi connectivity index (χ4v) is 2.96. The van der Waals surface area contributed by atoms with Gasteiger partial charge in [0, 0.05) is 8.07 Å². The maximum atomic E-state index is 12.0. The molecule has 138 valence electrons. The first kappa shape index (κ1) is 19.9. The molecule has 2 aromatic carbocycles. The zero-order valence-corrected chi connectivity index (χ0v) is 16.7. The van der Waals surface area contributed by atoms with Gasteiger partial charge in [-0.3, -0.25) is 4.79 Å². The number of hydrogen-bond acceptors (Lipinski definition) is 4. The molecule has 26 heavy (non-hydrogen) atoms. The van der Waals surface area contributed by atoms with Crippen LogP contribution in [0.3, 0.4) is 0 Å². The molecule has 0 N–H and O–H groups in total. The molecule has 0 aliphatic carbocycles. The molecule has 0 aliphatic heterocycles. The summed E-state index contributed by atoms with van der Waals surface area (Å²) in [5, 5.41) is 0. The van der Waals surface area contributed by atoms with Crippen molar-refractivity contribution in [2.45, 2.75) is 38.7 Å². The summed E-state index contributed by atoms with van der Waals surface area (Å²) in [6.45, 7) is 7.45. The summed E-state index contributed by atoms with van der Waals surface area (Å²) in [4.78, 5) is 24.0. The van der Waals surface area contributed by atoms with E-state index in [1.54, 1.807) is 24.3 Å². The SMILES string of the molecule is C[Si](C)(C)CCOC(=O)c1ccc(CC(=O)OCc2ccccc2)cc1.